The largest absolute Gasteiger partial charge is 0.490 e. The van der Waals surface area contributed by atoms with Crippen molar-refractivity contribution in [2.45, 2.75) is 47.3 Å². The quantitative estimate of drug-likeness (QED) is 0.140. The van der Waals surface area contributed by atoms with Crippen LogP contribution >= 0.6 is 34.5 Å². The number of carbonyl (C=O) groups is 1. The number of allylic oxidation sites excluding steroid dienone is 1. The Morgan fingerprint density at radius 3 is 2.21 bits per heavy atom. The van der Waals surface area contributed by atoms with Gasteiger partial charge >= 0.3 is 5.97 Å². The van der Waals surface area contributed by atoms with Crippen LogP contribution in [0.25, 0.3) is 6.08 Å². The van der Waals surface area contributed by atoms with Crippen molar-refractivity contribution in [2.75, 3.05) is 26.4 Å². The van der Waals surface area contributed by atoms with Crippen LogP contribution in [-0.2, 0) is 16.1 Å². The van der Waals surface area contributed by atoms with Gasteiger partial charge in [-0.2, -0.15) is 0 Å². The third-order valence-electron chi connectivity index (χ3n) is 7.36. The summed E-state index contributed by atoms with van der Waals surface area (Å²) >= 11 is 13.7. The number of hydrogen-bond donors (Lipinski definition) is 0. The fraction of sp³-hybridized carbons (Fsp3) is 0.306. The number of nitrogens with zero attached hydrogens (tertiary/aromatic N) is 2. The van der Waals surface area contributed by atoms with E-state index in [1.165, 1.54) is 15.9 Å². The van der Waals surface area contributed by atoms with Gasteiger partial charge in [-0.1, -0.05) is 52.7 Å². The number of aromatic nitrogens is 1. The number of fused-ring (bicyclic) bond motifs is 1. The van der Waals surface area contributed by atoms with Gasteiger partial charge in [0.15, 0.2) is 27.8 Å². The molecular weight excluding hydrogens is 675 g/mol. The number of halogens is 2. The van der Waals surface area contributed by atoms with E-state index in [0.29, 0.717) is 73.5 Å². The Labute approximate surface area is 292 Å². The standard InChI is InChI=1S/C36H36Cl2N2O7S/c1-6-43-27-14-10-22(16-29(27)44-7-2)17-31-34(41)40-33(32(35(42)46-9-4)21(5)39-36(40)48-31)23-12-15-28(30(18-23)45-8-3)47-20-24-11-13-25(37)19-26(24)38/h10-19,33H,6-9,20H2,1-5H3/b31-17+/t33-/m1/s1. The summed E-state index contributed by atoms with van der Waals surface area (Å²) < 4.78 is 31.0. The van der Waals surface area contributed by atoms with E-state index in [1.54, 1.807) is 50.3 Å². The van der Waals surface area contributed by atoms with Gasteiger partial charge in [-0.05, 0) is 88.2 Å². The predicted molar refractivity (Wildman–Crippen MR) is 188 cm³/mol. The molecule has 5 rings (SSSR count). The summed E-state index contributed by atoms with van der Waals surface area (Å²) in [6.45, 7) is 10.8. The number of benzene rings is 3. The average Bonchev–Trinajstić information content (AvgIpc) is 3.35. The SMILES string of the molecule is CCOC(=O)C1=C(C)N=c2s/c(=C/c3ccc(OCC)c(OCC)c3)c(=O)n2[C@@H]1c1ccc(OCc2ccc(Cl)cc2Cl)c(OCC)c1. The maximum atomic E-state index is 14.2. The maximum Gasteiger partial charge on any atom is 0.338 e. The Balaban J connectivity index is 1.61. The van der Waals surface area contributed by atoms with Crippen LogP contribution in [0, 0.1) is 0 Å². The Morgan fingerprint density at radius 1 is 0.854 bits per heavy atom. The van der Waals surface area contributed by atoms with Crippen LogP contribution < -0.4 is 33.8 Å². The summed E-state index contributed by atoms with van der Waals surface area (Å²) in [6, 6.07) is 15.2. The van der Waals surface area contributed by atoms with Crippen molar-refractivity contribution in [1.82, 2.24) is 4.57 Å². The monoisotopic (exact) mass is 710 g/mol. The van der Waals surface area contributed by atoms with E-state index in [9.17, 15) is 9.59 Å². The second-order valence-corrected chi connectivity index (χ2v) is 12.4. The fourth-order valence-electron chi connectivity index (χ4n) is 5.29. The van der Waals surface area contributed by atoms with Gasteiger partial charge in [0, 0.05) is 15.6 Å². The third kappa shape index (κ3) is 7.56. The molecule has 0 radical (unpaired) electrons. The zero-order chi connectivity index (χ0) is 34.4. The Kier molecular flexibility index (Phi) is 11.5. The number of hydrogen-bond acceptors (Lipinski definition) is 9. The van der Waals surface area contributed by atoms with E-state index < -0.39 is 12.0 Å². The number of esters is 1. The Bertz CT molecular complexity index is 2040. The molecule has 0 fully saturated rings. The first-order valence-corrected chi connectivity index (χ1v) is 17.2. The van der Waals surface area contributed by atoms with E-state index in [4.69, 9.17) is 46.9 Å². The van der Waals surface area contributed by atoms with E-state index in [1.807, 2.05) is 45.0 Å². The third-order valence-corrected chi connectivity index (χ3v) is 8.93. The molecule has 2 heterocycles. The van der Waals surface area contributed by atoms with Crippen molar-refractivity contribution in [1.29, 1.82) is 0 Å². The van der Waals surface area contributed by atoms with Crippen LogP contribution in [0.2, 0.25) is 10.0 Å². The van der Waals surface area contributed by atoms with Gasteiger partial charge in [-0.3, -0.25) is 9.36 Å². The van der Waals surface area contributed by atoms with Crippen molar-refractivity contribution >= 4 is 46.6 Å². The van der Waals surface area contributed by atoms with Crippen LogP contribution in [-0.4, -0.2) is 37.0 Å². The highest BCUT2D eigenvalue weighted by atomic mass is 35.5. The molecule has 12 heteroatoms. The van der Waals surface area contributed by atoms with E-state index in [-0.39, 0.29) is 24.3 Å². The smallest absolute Gasteiger partial charge is 0.338 e. The summed E-state index contributed by atoms with van der Waals surface area (Å²) in [5.41, 5.74) is 2.55. The minimum absolute atomic E-state index is 0.164. The van der Waals surface area contributed by atoms with Gasteiger partial charge in [0.25, 0.3) is 5.56 Å². The zero-order valence-electron chi connectivity index (χ0n) is 27.3. The molecule has 1 aromatic heterocycles. The highest BCUT2D eigenvalue weighted by Crippen LogP contribution is 2.37. The molecule has 252 valence electrons. The second-order valence-electron chi connectivity index (χ2n) is 10.5. The fourth-order valence-corrected chi connectivity index (χ4v) is 6.80. The van der Waals surface area contributed by atoms with E-state index in [0.717, 1.165) is 11.1 Å². The van der Waals surface area contributed by atoms with Crippen molar-refractivity contribution in [3.05, 3.63) is 112 Å². The summed E-state index contributed by atoms with van der Waals surface area (Å²) in [5.74, 6) is 1.57. The molecule has 0 unspecified atom stereocenters. The van der Waals surface area contributed by atoms with E-state index >= 15 is 0 Å². The lowest BCUT2D eigenvalue weighted by molar-refractivity contribution is -0.139. The average molecular weight is 712 g/mol. The van der Waals surface area contributed by atoms with Crippen LogP contribution in [0.3, 0.4) is 0 Å². The molecular formula is C36H36Cl2N2O7S. The summed E-state index contributed by atoms with van der Waals surface area (Å²) in [4.78, 5) is 32.7. The maximum absolute atomic E-state index is 14.2. The lowest BCUT2D eigenvalue weighted by atomic mass is 9.95. The Hall–Kier alpha value is -4.25. The topological polar surface area (TPSA) is 97.6 Å². The molecule has 0 N–H and O–H groups in total. The molecule has 0 saturated carbocycles. The minimum atomic E-state index is -0.833. The minimum Gasteiger partial charge on any atom is -0.490 e. The van der Waals surface area contributed by atoms with Crippen molar-refractivity contribution in [2.24, 2.45) is 4.99 Å². The van der Waals surface area contributed by atoms with Gasteiger partial charge < -0.3 is 23.7 Å². The van der Waals surface area contributed by atoms with Crippen LogP contribution in [0.4, 0.5) is 0 Å². The van der Waals surface area contributed by atoms with Crippen molar-refractivity contribution in [3.63, 3.8) is 0 Å². The number of thiazole rings is 1. The Morgan fingerprint density at radius 2 is 1.52 bits per heavy atom. The number of ether oxygens (including phenoxy) is 5. The van der Waals surface area contributed by atoms with Crippen molar-refractivity contribution in [3.8, 4) is 23.0 Å². The molecule has 3 aromatic carbocycles. The van der Waals surface area contributed by atoms with Crippen LogP contribution in [0.15, 0.2) is 75.7 Å². The zero-order valence-corrected chi connectivity index (χ0v) is 29.6. The molecule has 1 aliphatic rings. The van der Waals surface area contributed by atoms with Gasteiger partial charge in [0.1, 0.15) is 6.61 Å². The molecule has 48 heavy (non-hydrogen) atoms. The lowest BCUT2D eigenvalue weighted by Crippen LogP contribution is -2.40. The molecule has 0 bridgehead atoms. The highest BCUT2D eigenvalue weighted by Gasteiger charge is 2.34. The first-order chi connectivity index (χ1) is 23.2. The molecule has 0 amide bonds. The lowest BCUT2D eigenvalue weighted by Gasteiger charge is -2.25. The van der Waals surface area contributed by atoms with Crippen LogP contribution in [0.5, 0.6) is 23.0 Å². The van der Waals surface area contributed by atoms with Gasteiger partial charge in [0.05, 0.1) is 48.3 Å². The summed E-state index contributed by atoms with van der Waals surface area (Å²) in [5, 5.41) is 1.01. The number of rotatable bonds is 13. The molecule has 0 aliphatic carbocycles. The van der Waals surface area contributed by atoms with Crippen molar-refractivity contribution < 1.29 is 28.5 Å². The molecule has 0 spiro atoms. The normalized spacial score (nSPS) is 14.3. The second kappa shape index (κ2) is 15.8. The molecule has 4 aromatic rings. The molecule has 1 aliphatic heterocycles. The highest BCUT2D eigenvalue weighted by molar-refractivity contribution is 7.07. The molecule has 0 saturated heterocycles. The number of carbonyl (C=O) groups excluding carboxylic acids is 1. The first-order valence-electron chi connectivity index (χ1n) is 15.6. The van der Waals surface area contributed by atoms with Gasteiger partial charge in [-0.15, -0.1) is 0 Å². The van der Waals surface area contributed by atoms with Gasteiger partial charge in [0.2, 0.25) is 0 Å². The van der Waals surface area contributed by atoms with E-state index in [2.05, 4.69) is 4.99 Å². The molecule has 1 atom stereocenters. The van der Waals surface area contributed by atoms with Gasteiger partial charge in [-0.25, -0.2) is 9.79 Å². The summed E-state index contributed by atoms with van der Waals surface area (Å²) in [6.07, 6.45) is 1.78. The van der Waals surface area contributed by atoms with Crippen LogP contribution in [0.1, 0.15) is 57.4 Å². The predicted octanol–water partition coefficient (Wildman–Crippen LogP) is 6.88. The summed E-state index contributed by atoms with van der Waals surface area (Å²) in [7, 11) is 0. The first kappa shape index (κ1) is 35.1. The molecule has 9 nitrogen and oxygen atoms in total.